The van der Waals surface area contributed by atoms with Crippen molar-refractivity contribution in [2.75, 3.05) is 0 Å². The minimum Gasteiger partial charge on any atom is -0.302 e. The van der Waals surface area contributed by atoms with Gasteiger partial charge < -0.3 is 19.6 Å². The fraction of sp³-hybridized carbons (Fsp3) is 1.00. The molecule has 0 rings (SSSR count). The Labute approximate surface area is 144 Å². The van der Waals surface area contributed by atoms with E-state index >= 15 is 0 Å². The van der Waals surface area contributed by atoms with Gasteiger partial charge in [-0.2, -0.15) is 12.9 Å². The van der Waals surface area contributed by atoms with Crippen LogP contribution < -0.4 is 0 Å². The molecular formula is C8H22O13P4. The molecule has 2 unspecified atom stereocenters. The average molecular weight is 450 g/mol. The fourth-order valence-corrected chi connectivity index (χ4v) is 6.69. The number of hydrogen-bond acceptors (Lipinski definition) is 9. The van der Waals surface area contributed by atoms with Crippen LogP contribution in [0.3, 0.4) is 0 Å². The van der Waals surface area contributed by atoms with Crippen molar-refractivity contribution in [3.8, 4) is 0 Å². The van der Waals surface area contributed by atoms with Crippen molar-refractivity contribution in [1.82, 2.24) is 0 Å². The SMILES string of the molecule is CC(C)(C)OP(=O)(OC(C)(C)C)OP(=O)(O)OP(=O)(O)OP(=O)(O)O. The maximum Gasteiger partial charge on any atom is 0.490 e. The van der Waals surface area contributed by atoms with Gasteiger partial charge in [0.1, 0.15) is 0 Å². The van der Waals surface area contributed by atoms with E-state index in [0.29, 0.717) is 0 Å². The number of hydrogen-bond donors (Lipinski definition) is 4. The lowest BCUT2D eigenvalue weighted by molar-refractivity contribution is 0.0186. The number of phosphoric ester groups is 1. The van der Waals surface area contributed by atoms with Crippen LogP contribution in [0.15, 0.2) is 0 Å². The Bertz CT molecular complexity index is 632. The van der Waals surface area contributed by atoms with Gasteiger partial charge >= 0.3 is 31.3 Å². The molecule has 0 aliphatic heterocycles. The Morgan fingerprint density at radius 3 is 1.20 bits per heavy atom. The fourth-order valence-electron chi connectivity index (χ4n) is 1.14. The highest BCUT2D eigenvalue weighted by atomic mass is 31.3. The second-order valence-electron chi connectivity index (χ2n) is 6.53. The molecule has 152 valence electrons. The van der Waals surface area contributed by atoms with Crippen LogP contribution in [0.5, 0.6) is 0 Å². The molecule has 0 heterocycles. The summed E-state index contributed by atoms with van der Waals surface area (Å²) in [6.07, 6.45) is 0. The second kappa shape index (κ2) is 7.89. The first-order valence-corrected chi connectivity index (χ1v) is 12.4. The van der Waals surface area contributed by atoms with Crippen LogP contribution in [0.2, 0.25) is 0 Å². The molecule has 0 bridgehead atoms. The molecule has 4 N–H and O–H groups in total. The number of rotatable bonds is 8. The lowest BCUT2D eigenvalue weighted by Gasteiger charge is -2.31. The molecule has 0 fully saturated rings. The van der Waals surface area contributed by atoms with E-state index in [1.807, 2.05) is 0 Å². The maximum atomic E-state index is 12.6. The van der Waals surface area contributed by atoms with Crippen LogP contribution >= 0.6 is 31.3 Å². The first-order valence-electron chi connectivity index (χ1n) is 6.40. The van der Waals surface area contributed by atoms with Crippen LogP contribution in [0.4, 0.5) is 0 Å². The van der Waals surface area contributed by atoms with Crippen LogP contribution in [-0.4, -0.2) is 30.8 Å². The molecule has 0 saturated carbocycles. The molecule has 0 aromatic heterocycles. The molecule has 0 aliphatic carbocycles. The minimum atomic E-state index is -5.76. The van der Waals surface area contributed by atoms with Gasteiger partial charge in [0.2, 0.25) is 0 Å². The van der Waals surface area contributed by atoms with E-state index in [1.165, 1.54) is 41.5 Å². The highest BCUT2D eigenvalue weighted by Crippen LogP contribution is 2.72. The summed E-state index contributed by atoms with van der Waals surface area (Å²) in [5, 5.41) is 0. The largest absolute Gasteiger partial charge is 0.490 e. The van der Waals surface area contributed by atoms with Gasteiger partial charge in [0, 0.05) is 0 Å². The molecule has 13 nitrogen and oxygen atoms in total. The van der Waals surface area contributed by atoms with Crippen molar-refractivity contribution in [3.63, 3.8) is 0 Å². The predicted octanol–water partition coefficient (Wildman–Crippen LogP) is 3.07. The van der Waals surface area contributed by atoms with Gasteiger partial charge in [0.05, 0.1) is 11.2 Å². The van der Waals surface area contributed by atoms with Gasteiger partial charge in [-0.05, 0) is 41.5 Å². The standard InChI is InChI=1S/C8H22O13P4/c1-7(2,3)17-25(16,18-8(4,5)6)21-24(14,15)20-23(12,13)19-22(9,10)11/h1-6H3,(H,12,13)(H,14,15)(H2,9,10,11). The molecule has 0 saturated heterocycles. The Hall–Kier alpha value is 0.560. The van der Waals surface area contributed by atoms with E-state index in [-0.39, 0.29) is 0 Å². The van der Waals surface area contributed by atoms with Crippen molar-refractivity contribution in [3.05, 3.63) is 0 Å². The van der Waals surface area contributed by atoms with E-state index in [0.717, 1.165) is 0 Å². The normalized spacial score (nSPS) is 19.3. The van der Waals surface area contributed by atoms with Crippen LogP contribution in [0.25, 0.3) is 0 Å². The third kappa shape index (κ3) is 13.4. The summed E-state index contributed by atoms with van der Waals surface area (Å²) in [6.45, 7) is 8.45. The molecule has 25 heavy (non-hydrogen) atoms. The lowest BCUT2D eigenvalue weighted by Crippen LogP contribution is -2.24. The van der Waals surface area contributed by atoms with Gasteiger partial charge in [-0.15, -0.1) is 0 Å². The van der Waals surface area contributed by atoms with Gasteiger partial charge in [0.15, 0.2) is 0 Å². The molecule has 0 aromatic carbocycles. The third-order valence-corrected chi connectivity index (χ3v) is 7.89. The zero-order valence-electron chi connectivity index (χ0n) is 14.3. The van der Waals surface area contributed by atoms with Crippen LogP contribution in [0.1, 0.15) is 41.5 Å². The smallest absolute Gasteiger partial charge is 0.302 e. The van der Waals surface area contributed by atoms with E-state index in [4.69, 9.17) is 23.7 Å². The minimum absolute atomic E-state index is 1.20. The molecule has 0 aliphatic rings. The maximum absolute atomic E-state index is 12.6. The quantitative estimate of drug-likeness (QED) is 0.394. The van der Waals surface area contributed by atoms with Crippen LogP contribution in [-0.2, 0) is 40.2 Å². The van der Waals surface area contributed by atoms with E-state index < -0.39 is 42.5 Å². The van der Waals surface area contributed by atoms with Crippen LogP contribution in [0, 0.1) is 0 Å². The summed E-state index contributed by atoms with van der Waals surface area (Å²) in [4.78, 5) is 35.5. The average Bonchev–Trinajstić information content (AvgIpc) is 1.97. The summed E-state index contributed by atoms with van der Waals surface area (Å²) in [5.41, 5.74) is -2.40. The van der Waals surface area contributed by atoms with Crippen molar-refractivity contribution in [2.45, 2.75) is 52.7 Å². The summed E-state index contributed by atoms with van der Waals surface area (Å²) in [5.74, 6) is 0. The molecule has 2 atom stereocenters. The summed E-state index contributed by atoms with van der Waals surface area (Å²) < 4.78 is 67.5. The molecule has 17 heteroatoms. The third-order valence-electron chi connectivity index (χ3n) is 1.39. The highest BCUT2D eigenvalue weighted by molar-refractivity contribution is 7.69. The number of phosphoric acid groups is 4. The zero-order valence-corrected chi connectivity index (χ0v) is 17.8. The summed E-state index contributed by atoms with van der Waals surface area (Å²) >= 11 is 0. The zero-order chi connectivity index (χ0) is 20.5. The lowest BCUT2D eigenvalue weighted by atomic mass is 10.2. The predicted molar refractivity (Wildman–Crippen MR) is 84.2 cm³/mol. The molecule has 0 radical (unpaired) electrons. The van der Waals surface area contributed by atoms with Crippen molar-refractivity contribution in [2.24, 2.45) is 0 Å². The Balaban J connectivity index is 5.53. The molecular weight excluding hydrogens is 428 g/mol. The van der Waals surface area contributed by atoms with Crippen molar-refractivity contribution in [1.29, 1.82) is 0 Å². The van der Waals surface area contributed by atoms with E-state index in [1.54, 1.807) is 0 Å². The monoisotopic (exact) mass is 450 g/mol. The summed E-state index contributed by atoms with van der Waals surface area (Å²) in [6, 6.07) is 0. The van der Waals surface area contributed by atoms with Gasteiger partial charge in [-0.25, -0.2) is 18.3 Å². The highest BCUT2D eigenvalue weighted by Gasteiger charge is 2.48. The first-order chi connectivity index (χ1) is 10.5. The topological polar surface area (TPSA) is 195 Å². The Morgan fingerprint density at radius 2 is 0.920 bits per heavy atom. The van der Waals surface area contributed by atoms with Gasteiger partial charge in [-0.3, -0.25) is 9.05 Å². The Morgan fingerprint density at radius 1 is 0.600 bits per heavy atom. The van der Waals surface area contributed by atoms with Gasteiger partial charge in [0.25, 0.3) is 0 Å². The Kier molecular flexibility index (Phi) is 8.07. The molecule has 0 amide bonds. The molecule has 0 aromatic rings. The van der Waals surface area contributed by atoms with E-state index in [9.17, 15) is 23.2 Å². The van der Waals surface area contributed by atoms with Gasteiger partial charge in [-0.1, -0.05) is 0 Å². The first kappa shape index (κ1) is 25.6. The van der Waals surface area contributed by atoms with E-state index in [2.05, 4.69) is 12.9 Å². The summed E-state index contributed by atoms with van der Waals surface area (Å²) in [7, 11) is -21.8. The second-order valence-corrected chi connectivity index (χ2v) is 12.6. The molecule has 0 spiro atoms. The van der Waals surface area contributed by atoms with Crippen molar-refractivity contribution < 1.29 is 59.8 Å². The van der Waals surface area contributed by atoms with Crippen molar-refractivity contribution >= 4 is 31.3 Å².